The largest absolute Gasteiger partial charge is 0.481 e. The third-order valence-electron chi connectivity index (χ3n) is 5.40. The lowest BCUT2D eigenvalue weighted by atomic mass is 10.0. The number of rotatable bonds is 5. The number of benzene rings is 2. The average Bonchev–Trinajstić information content (AvgIpc) is 2.73. The molecule has 0 saturated carbocycles. The Bertz CT molecular complexity index is 896. The van der Waals surface area contributed by atoms with Crippen molar-refractivity contribution >= 4 is 29.1 Å². The predicted octanol–water partition coefficient (Wildman–Crippen LogP) is 3.11. The van der Waals surface area contributed by atoms with Crippen molar-refractivity contribution in [2.24, 2.45) is 0 Å². The van der Waals surface area contributed by atoms with Crippen molar-refractivity contribution in [3.8, 4) is 5.75 Å². The van der Waals surface area contributed by atoms with Crippen LogP contribution < -0.4 is 15.4 Å². The molecule has 2 amide bonds. The molecule has 2 aromatic carbocycles. The van der Waals surface area contributed by atoms with Gasteiger partial charge in [0.25, 0.3) is 11.8 Å². The van der Waals surface area contributed by atoms with Gasteiger partial charge in [-0.05, 0) is 37.0 Å². The summed E-state index contributed by atoms with van der Waals surface area (Å²) in [4.78, 5) is 26.8. The van der Waals surface area contributed by atoms with E-state index in [1.54, 1.807) is 12.1 Å². The van der Waals surface area contributed by atoms with E-state index in [4.69, 9.17) is 16.3 Å². The Kier molecular flexibility index (Phi) is 6.02. The minimum atomic E-state index is -0.256. The molecule has 2 N–H and O–H groups in total. The van der Waals surface area contributed by atoms with Crippen LogP contribution in [0, 0.1) is 0 Å². The van der Waals surface area contributed by atoms with E-state index in [1.165, 1.54) is 5.56 Å². The molecule has 0 aromatic heterocycles. The van der Waals surface area contributed by atoms with E-state index >= 15 is 0 Å². The number of likely N-dealkylation sites (tertiary alicyclic amines) is 1. The summed E-state index contributed by atoms with van der Waals surface area (Å²) in [6.45, 7) is 2.84. The number of nitrogens with one attached hydrogen (secondary N) is 2. The number of hydrogen-bond acceptors (Lipinski definition) is 4. The van der Waals surface area contributed by atoms with Gasteiger partial charge in [0.2, 0.25) is 0 Å². The summed E-state index contributed by atoms with van der Waals surface area (Å²) in [6.07, 6.45) is 2.84. The summed E-state index contributed by atoms with van der Waals surface area (Å²) in [6, 6.07) is 13.8. The monoisotopic (exact) mass is 413 g/mol. The summed E-state index contributed by atoms with van der Waals surface area (Å²) in [5.41, 5.74) is 2.15. The summed E-state index contributed by atoms with van der Waals surface area (Å²) in [5.74, 6) is -0.0940. The lowest BCUT2D eigenvalue weighted by molar-refractivity contribution is -0.118. The maximum absolute atomic E-state index is 12.8. The van der Waals surface area contributed by atoms with Gasteiger partial charge in [0, 0.05) is 30.7 Å². The van der Waals surface area contributed by atoms with Crippen LogP contribution in [0.3, 0.4) is 0 Å². The Morgan fingerprint density at radius 1 is 1.21 bits per heavy atom. The van der Waals surface area contributed by atoms with Gasteiger partial charge in [0.05, 0.1) is 11.3 Å². The highest BCUT2D eigenvalue weighted by Gasteiger charge is 2.26. The number of amides is 2. The van der Waals surface area contributed by atoms with Crippen LogP contribution >= 0.6 is 11.6 Å². The Hall–Kier alpha value is -2.57. The van der Waals surface area contributed by atoms with Gasteiger partial charge in [0.1, 0.15) is 0 Å². The van der Waals surface area contributed by atoms with Gasteiger partial charge >= 0.3 is 0 Å². The quantitative estimate of drug-likeness (QED) is 0.790. The van der Waals surface area contributed by atoms with Gasteiger partial charge in [-0.25, -0.2) is 0 Å². The zero-order chi connectivity index (χ0) is 20.2. The van der Waals surface area contributed by atoms with Crippen LogP contribution in [0.4, 0.5) is 5.69 Å². The fourth-order valence-corrected chi connectivity index (χ4v) is 4.05. The van der Waals surface area contributed by atoms with Crippen molar-refractivity contribution in [2.75, 3.05) is 31.6 Å². The standard InChI is InChI=1S/C22H24ClN3O3/c23-16-12-18(21-19(13-16)25-20(27)14-29-21)22(28)24-17-7-10-26(11-8-17)9-6-15-4-2-1-3-5-15/h1-5,12-13,17H,6-11,14H2,(H,24,28)(H,25,27). The van der Waals surface area contributed by atoms with Gasteiger partial charge in [0.15, 0.2) is 12.4 Å². The highest BCUT2D eigenvalue weighted by Crippen LogP contribution is 2.35. The second kappa shape index (κ2) is 8.84. The van der Waals surface area contributed by atoms with Crippen LogP contribution in [0.1, 0.15) is 28.8 Å². The van der Waals surface area contributed by atoms with Crippen LogP contribution in [0.2, 0.25) is 5.02 Å². The highest BCUT2D eigenvalue weighted by atomic mass is 35.5. The van der Waals surface area contributed by atoms with E-state index in [0.717, 1.165) is 38.9 Å². The van der Waals surface area contributed by atoms with Crippen LogP contribution in [0.15, 0.2) is 42.5 Å². The smallest absolute Gasteiger partial charge is 0.262 e. The molecule has 2 aliphatic rings. The number of halogens is 1. The molecule has 1 fully saturated rings. The third kappa shape index (κ3) is 4.89. The predicted molar refractivity (Wildman–Crippen MR) is 113 cm³/mol. The maximum atomic E-state index is 12.8. The molecule has 2 aliphatic heterocycles. The van der Waals surface area contributed by atoms with E-state index in [0.29, 0.717) is 22.0 Å². The average molecular weight is 414 g/mol. The van der Waals surface area contributed by atoms with Crippen molar-refractivity contribution in [3.63, 3.8) is 0 Å². The second-order valence-electron chi connectivity index (χ2n) is 7.49. The van der Waals surface area contributed by atoms with E-state index in [1.807, 2.05) is 6.07 Å². The summed E-state index contributed by atoms with van der Waals surface area (Å²) >= 11 is 6.13. The van der Waals surface area contributed by atoms with E-state index in [9.17, 15) is 9.59 Å². The lowest BCUT2D eigenvalue weighted by Crippen LogP contribution is -2.45. The van der Waals surface area contributed by atoms with E-state index < -0.39 is 0 Å². The van der Waals surface area contributed by atoms with Crippen molar-refractivity contribution in [1.82, 2.24) is 10.2 Å². The molecule has 2 aromatic rings. The van der Waals surface area contributed by atoms with Crippen molar-refractivity contribution in [2.45, 2.75) is 25.3 Å². The van der Waals surface area contributed by atoms with Crippen molar-refractivity contribution in [1.29, 1.82) is 0 Å². The topological polar surface area (TPSA) is 70.7 Å². The van der Waals surface area contributed by atoms with Gasteiger partial charge < -0.3 is 20.3 Å². The molecule has 0 bridgehead atoms. The van der Waals surface area contributed by atoms with Crippen LogP contribution in [0.5, 0.6) is 5.75 Å². The fourth-order valence-electron chi connectivity index (χ4n) is 3.83. The van der Waals surface area contributed by atoms with Gasteiger partial charge in [-0.1, -0.05) is 41.9 Å². The SMILES string of the molecule is O=C1COc2c(cc(Cl)cc2C(=O)NC2CCN(CCc3ccccc3)CC2)N1. The fraction of sp³-hybridized carbons (Fsp3) is 0.364. The molecule has 7 heteroatoms. The molecule has 29 heavy (non-hydrogen) atoms. The molecule has 0 spiro atoms. The second-order valence-corrected chi connectivity index (χ2v) is 7.93. The first-order chi connectivity index (χ1) is 14.1. The number of carbonyl (C=O) groups is 2. The number of carbonyl (C=O) groups excluding carboxylic acids is 2. The minimum absolute atomic E-state index is 0.102. The Balaban J connectivity index is 1.32. The number of piperidine rings is 1. The molecule has 0 unspecified atom stereocenters. The third-order valence-corrected chi connectivity index (χ3v) is 5.62. The van der Waals surface area contributed by atoms with Gasteiger partial charge in [-0.2, -0.15) is 0 Å². The van der Waals surface area contributed by atoms with Crippen molar-refractivity contribution in [3.05, 3.63) is 58.6 Å². The van der Waals surface area contributed by atoms with E-state index in [2.05, 4.69) is 39.8 Å². The summed E-state index contributed by atoms with van der Waals surface area (Å²) < 4.78 is 5.48. The van der Waals surface area contributed by atoms with Crippen LogP contribution in [0.25, 0.3) is 0 Å². The normalized spacial score (nSPS) is 17.2. The minimum Gasteiger partial charge on any atom is -0.481 e. The van der Waals surface area contributed by atoms with E-state index in [-0.39, 0.29) is 24.5 Å². The summed E-state index contributed by atoms with van der Waals surface area (Å²) in [5, 5.41) is 6.18. The van der Waals surface area contributed by atoms with Crippen molar-refractivity contribution < 1.29 is 14.3 Å². The molecule has 1 saturated heterocycles. The molecule has 0 radical (unpaired) electrons. The number of anilines is 1. The Morgan fingerprint density at radius 2 is 1.97 bits per heavy atom. The number of hydrogen-bond donors (Lipinski definition) is 2. The first-order valence-electron chi connectivity index (χ1n) is 9.92. The zero-order valence-electron chi connectivity index (χ0n) is 16.1. The van der Waals surface area contributed by atoms with Crippen LogP contribution in [-0.4, -0.2) is 49.0 Å². The zero-order valence-corrected chi connectivity index (χ0v) is 16.9. The number of nitrogens with zero attached hydrogens (tertiary/aromatic N) is 1. The maximum Gasteiger partial charge on any atom is 0.262 e. The number of ether oxygens (including phenoxy) is 1. The molecule has 0 aliphatic carbocycles. The first kappa shape index (κ1) is 19.7. The van der Waals surface area contributed by atoms with Gasteiger partial charge in [-0.3, -0.25) is 9.59 Å². The van der Waals surface area contributed by atoms with Crippen LogP contribution in [-0.2, 0) is 11.2 Å². The Labute approximate surface area is 175 Å². The molecular formula is C22H24ClN3O3. The summed E-state index contributed by atoms with van der Waals surface area (Å²) in [7, 11) is 0. The molecule has 2 heterocycles. The molecule has 0 atom stereocenters. The van der Waals surface area contributed by atoms with Gasteiger partial charge in [-0.15, -0.1) is 0 Å². The molecular weight excluding hydrogens is 390 g/mol. The first-order valence-corrected chi connectivity index (χ1v) is 10.3. The highest BCUT2D eigenvalue weighted by molar-refractivity contribution is 6.31. The lowest BCUT2D eigenvalue weighted by Gasteiger charge is -2.32. The number of fused-ring (bicyclic) bond motifs is 1. The molecule has 152 valence electrons. The molecule has 4 rings (SSSR count). The molecule has 6 nitrogen and oxygen atoms in total. The Morgan fingerprint density at radius 3 is 2.72 bits per heavy atom.